The van der Waals surface area contributed by atoms with E-state index in [1.807, 2.05) is 11.3 Å². The van der Waals surface area contributed by atoms with Crippen molar-refractivity contribution < 1.29 is 9.90 Å². The highest BCUT2D eigenvalue weighted by Crippen LogP contribution is 2.21. The molecule has 0 aliphatic carbocycles. The number of thiophene rings is 1. The molecular weight excluding hydrogens is 340 g/mol. The van der Waals surface area contributed by atoms with E-state index in [2.05, 4.69) is 54.6 Å². The van der Waals surface area contributed by atoms with Gasteiger partial charge in [0.15, 0.2) is 0 Å². The lowest BCUT2D eigenvalue weighted by atomic mass is 10.0. The minimum atomic E-state index is -0.711. The minimum Gasteiger partial charge on any atom is -0.481 e. The number of carboxylic acids is 1. The largest absolute Gasteiger partial charge is 0.481 e. The summed E-state index contributed by atoms with van der Waals surface area (Å²) in [5, 5.41) is 8.61. The predicted molar refractivity (Wildman–Crippen MR) is 112 cm³/mol. The minimum absolute atomic E-state index is 0.255. The quantitative estimate of drug-likeness (QED) is 0.396. The lowest BCUT2D eigenvalue weighted by Crippen LogP contribution is -1.92. The molecule has 1 heterocycles. The van der Waals surface area contributed by atoms with Gasteiger partial charge in [-0.25, -0.2) is 0 Å². The van der Waals surface area contributed by atoms with Crippen LogP contribution in [0.1, 0.15) is 66.7 Å². The second kappa shape index (κ2) is 12.5. The Morgan fingerprint density at radius 1 is 0.885 bits per heavy atom. The average molecular weight is 371 g/mol. The Balaban J connectivity index is 1.51. The monoisotopic (exact) mass is 370 g/mol. The molecule has 2 nitrogen and oxygen atoms in total. The molecule has 0 bridgehead atoms. The van der Waals surface area contributed by atoms with Gasteiger partial charge in [0.1, 0.15) is 0 Å². The second-order valence-electron chi connectivity index (χ2n) is 6.75. The van der Waals surface area contributed by atoms with E-state index in [0.717, 1.165) is 6.42 Å². The number of aryl methyl sites for hydroxylation is 2. The first-order valence-corrected chi connectivity index (χ1v) is 10.6. The smallest absolute Gasteiger partial charge is 0.303 e. The van der Waals surface area contributed by atoms with E-state index in [9.17, 15) is 4.79 Å². The first-order valence-electron chi connectivity index (χ1n) is 9.75. The number of unbranched alkanes of at least 4 members (excludes halogenated alkanes) is 5. The van der Waals surface area contributed by atoms with E-state index in [1.54, 1.807) is 0 Å². The molecule has 0 aliphatic heterocycles. The molecule has 3 heteroatoms. The van der Waals surface area contributed by atoms with Crippen molar-refractivity contribution in [2.75, 3.05) is 0 Å². The van der Waals surface area contributed by atoms with Crippen LogP contribution in [0.25, 0.3) is 6.08 Å². The van der Waals surface area contributed by atoms with Crippen LogP contribution in [0.15, 0.2) is 48.5 Å². The molecule has 2 rings (SSSR count). The van der Waals surface area contributed by atoms with Crippen molar-refractivity contribution in [1.82, 2.24) is 0 Å². The molecule has 0 fully saturated rings. The molecule has 140 valence electrons. The maximum atomic E-state index is 10.5. The number of allylic oxidation sites excluding steroid dienone is 1. The standard InChI is InChI=1S/C23H30O2S/c24-23(25)17-11-5-10-16-22-19-18-21(26-22)15-9-3-1-2-6-12-20-13-7-4-8-14-20/h4,7-8,10,13-14,16,18-19H,1-3,5-6,9,11-12,15,17H2,(H,24,25). The number of rotatable bonds is 13. The van der Waals surface area contributed by atoms with Crippen LogP contribution in [-0.4, -0.2) is 11.1 Å². The highest BCUT2D eigenvalue weighted by molar-refractivity contribution is 7.12. The van der Waals surface area contributed by atoms with Crippen molar-refractivity contribution in [3.63, 3.8) is 0 Å². The molecule has 0 saturated heterocycles. The van der Waals surface area contributed by atoms with Crippen molar-refractivity contribution >= 4 is 23.4 Å². The molecule has 26 heavy (non-hydrogen) atoms. The molecule has 0 saturated carbocycles. The predicted octanol–water partition coefficient (Wildman–Crippen LogP) is 6.75. The van der Waals surface area contributed by atoms with Crippen molar-refractivity contribution in [2.45, 2.75) is 64.2 Å². The Bertz CT molecular complexity index is 658. The summed E-state index contributed by atoms with van der Waals surface area (Å²) in [4.78, 5) is 13.2. The van der Waals surface area contributed by atoms with Crippen LogP contribution < -0.4 is 0 Å². The summed E-state index contributed by atoms with van der Waals surface area (Å²) < 4.78 is 0. The van der Waals surface area contributed by atoms with Crippen molar-refractivity contribution in [3.8, 4) is 0 Å². The fourth-order valence-corrected chi connectivity index (χ4v) is 3.98. The van der Waals surface area contributed by atoms with Gasteiger partial charge >= 0.3 is 5.97 Å². The molecule has 0 amide bonds. The zero-order valence-corrected chi connectivity index (χ0v) is 16.3. The highest BCUT2D eigenvalue weighted by Gasteiger charge is 1.99. The Kier molecular flexibility index (Phi) is 9.81. The molecule has 0 spiro atoms. The summed E-state index contributed by atoms with van der Waals surface area (Å²) in [5.41, 5.74) is 1.45. The normalized spacial score (nSPS) is 11.2. The van der Waals surface area contributed by atoms with Gasteiger partial charge < -0.3 is 5.11 Å². The maximum Gasteiger partial charge on any atom is 0.303 e. The zero-order chi connectivity index (χ0) is 18.5. The number of hydrogen-bond donors (Lipinski definition) is 1. The van der Waals surface area contributed by atoms with Gasteiger partial charge in [0.05, 0.1) is 0 Å². The van der Waals surface area contributed by atoms with Gasteiger partial charge in [-0.15, -0.1) is 11.3 Å². The van der Waals surface area contributed by atoms with Crippen LogP contribution in [-0.2, 0) is 17.6 Å². The van der Waals surface area contributed by atoms with E-state index in [-0.39, 0.29) is 6.42 Å². The lowest BCUT2D eigenvalue weighted by molar-refractivity contribution is -0.137. The molecule has 0 radical (unpaired) electrons. The van der Waals surface area contributed by atoms with Crippen molar-refractivity contribution in [2.24, 2.45) is 0 Å². The molecule has 0 unspecified atom stereocenters. The van der Waals surface area contributed by atoms with Crippen LogP contribution in [0.3, 0.4) is 0 Å². The van der Waals surface area contributed by atoms with E-state index in [4.69, 9.17) is 5.11 Å². The third-order valence-corrected chi connectivity index (χ3v) is 5.57. The summed E-state index contributed by atoms with van der Waals surface area (Å²) in [6.07, 6.45) is 14.9. The fraction of sp³-hybridized carbons (Fsp3) is 0.435. The average Bonchev–Trinajstić information content (AvgIpc) is 3.09. The number of benzene rings is 1. The summed E-state index contributed by atoms with van der Waals surface area (Å²) in [5.74, 6) is -0.711. The first-order chi connectivity index (χ1) is 12.7. The fourth-order valence-electron chi connectivity index (χ4n) is 2.99. The number of hydrogen-bond acceptors (Lipinski definition) is 2. The first kappa shape index (κ1) is 20.4. The molecule has 1 aromatic heterocycles. The van der Waals surface area contributed by atoms with Gasteiger partial charge in [-0.2, -0.15) is 0 Å². The summed E-state index contributed by atoms with van der Waals surface area (Å²) in [6, 6.07) is 15.2. The molecule has 0 aliphatic rings. The van der Waals surface area contributed by atoms with Gasteiger partial charge in [-0.05, 0) is 62.3 Å². The van der Waals surface area contributed by atoms with Crippen LogP contribution in [0, 0.1) is 0 Å². The SMILES string of the molecule is O=C(O)CCCC=Cc1ccc(CCCCCCCc2ccccc2)s1. The third-order valence-electron chi connectivity index (χ3n) is 4.46. The van der Waals surface area contributed by atoms with Crippen LogP contribution in [0.5, 0.6) is 0 Å². The summed E-state index contributed by atoms with van der Waals surface area (Å²) >= 11 is 1.86. The van der Waals surface area contributed by atoms with E-state index in [0.29, 0.717) is 6.42 Å². The van der Waals surface area contributed by atoms with Gasteiger partial charge in [-0.1, -0.05) is 55.7 Å². The molecule has 1 aromatic carbocycles. The van der Waals surface area contributed by atoms with Gasteiger partial charge in [-0.3, -0.25) is 4.79 Å². The van der Waals surface area contributed by atoms with E-state index in [1.165, 1.54) is 60.3 Å². The van der Waals surface area contributed by atoms with Crippen molar-refractivity contribution in [3.05, 3.63) is 63.9 Å². The van der Waals surface area contributed by atoms with Crippen molar-refractivity contribution in [1.29, 1.82) is 0 Å². The topological polar surface area (TPSA) is 37.3 Å². The van der Waals surface area contributed by atoms with Crippen LogP contribution >= 0.6 is 11.3 Å². The molecule has 1 N–H and O–H groups in total. The number of carboxylic acid groups (broad SMARTS) is 1. The summed E-state index contributed by atoms with van der Waals surface area (Å²) in [6.45, 7) is 0. The molecular formula is C23H30O2S. The van der Waals surface area contributed by atoms with Crippen LogP contribution in [0.2, 0.25) is 0 Å². The van der Waals surface area contributed by atoms with Gasteiger partial charge in [0.2, 0.25) is 0 Å². The second-order valence-corrected chi connectivity index (χ2v) is 7.95. The lowest BCUT2D eigenvalue weighted by Gasteiger charge is -2.02. The Morgan fingerprint density at radius 3 is 2.38 bits per heavy atom. The Morgan fingerprint density at radius 2 is 1.62 bits per heavy atom. The molecule has 0 atom stereocenters. The van der Waals surface area contributed by atoms with Crippen LogP contribution in [0.4, 0.5) is 0 Å². The third kappa shape index (κ3) is 9.00. The van der Waals surface area contributed by atoms with Gasteiger partial charge in [0.25, 0.3) is 0 Å². The Labute approximate surface area is 161 Å². The summed E-state index contributed by atoms with van der Waals surface area (Å²) in [7, 11) is 0. The zero-order valence-electron chi connectivity index (χ0n) is 15.5. The van der Waals surface area contributed by atoms with E-state index < -0.39 is 5.97 Å². The van der Waals surface area contributed by atoms with E-state index >= 15 is 0 Å². The Hall–Kier alpha value is -1.87. The number of carbonyl (C=O) groups is 1. The maximum absolute atomic E-state index is 10.5. The highest BCUT2D eigenvalue weighted by atomic mass is 32.1. The van der Waals surface area contributed by atoms with Gasteiger partial charge in [0, 0.05) is 16.2 Å². The molecule has 2 aromatic rings. The number of aliphatic carboxylic acids is 1.